The first-order valence-corrected chi connectivity index (χ1v) is 4.79. The lowest BCUT2D eigenvalue weighted by molar-refractivity contribution is -0.138. The predicted octanol–water partition coefficient (Wildman–Crippen LogP) is 2.82. The Labute approximate surface area is 83.7 Å². The minimum atomic E-state index is -0.750. The maximum atomic E-state index is 10.4. The quantitative estimate of drug-likeness (QED) is 0.388. The van der Waals surface area contributed by atoms with E-state index in [4.69, 9.17) is 10.6 Å². The highest BCUT2D eigenvalue weighted by molar-refractivity contribution is 5.66. The van der Waals surface area contributed by atoms with Crippen LogP contribution < -0.4 is 0 Å². The fourth-order valence-electron chi connectivity index (χ4n) is 1.51. The van der Waals surface area contributed by atoms with Crippen molar-refractivity contribution in [2.75, 3.05) is 6.54 Å². The van der Waals surface area contributed by atoms with E-state index in [9.17, 15) is 4.79 Å². The summed E-state index contributed by atoms with van der Waals surface area (Å²) in [4.78, 5) is 13.1. The molecule has 0 radical (unpaired) electrons. The number of azide groups is 1. The second kappa shape index (κ2) is 7.21. The Morgan fingerprint density at radius 1 is 1.50 bits per heavy atom. The van der Waals surface area contributed by atoms with Crippen LogP contribution in [-0.2, 0) is 4.79 Å². The number of rotatable bonds is 7. The highest BCUT2D eigenvalue weighted by Gasteiger charge is 2.11. The maximum Gasteiger partial charge on any atom is 0.303 e. The van der Waals surface area contributed by atoms with Gasteiger partial charge in [0, 0.05) is 17.9 Å². The van der Waals surface area contributed by atoms with Gasteiger partial charge in [-0.15, -0.1) is 0 Å². The van der Waals surface area contributed by atoms with Gasteiger partial charge in [-0.25, -0.2) is 0 Å². The Balaban J connectivity index is 3.64. The summed E-state index contributed by atoms with van der Waals surface area (Å²) < 4.78 is 0. The molecule has 0 saturated heterocycles. The third-order valence-corrected chi connectivity index (χ3v) is 2.11. The predicted molar refractivity (Wildman–Crippen MR) is 53.8 cm³/mol. The zero-order valence-corrected chi connectivity index (χ0v) is 8.68. The van der Waals surface area contributed by atoms with E-state index >= 15 is 0 Å². The molecule has 0 aliphatic heterocycles. The van der Waals surface area contributed by atoms with Gasteiger partial charge in [-0.3, -0.25) is 4.79 Å². The van der Waals surface area contributed by atoms with Gasteiger partial charge in [0.05, 0.1) is 0 Å². The molecule has 14 heavy (non-hydrogen) atoms. The van der Waals surface area contributed by atoms with Crippen LogP contribution in [0.1, 0.15) is 33.1 Å². The molecule has 0 aromatic rings. The van der Waals surface area contributed by atoms with Crippen LogP contribution >= 0.6 is 0 Å². The Kier molecular flexibility index (Phi) is 6.58. The van der Waals surface area contributed by atoms with Gasteiger partial charge < -0.3 is 5.11 Å². The summed E-state index contributed by atoms with van der Waals surface area (Å²) in [7, 11) is 0. The number of hydrogen-bond acceptors (Lipinski definition) is 2. The second-order valence-corrected chi connectivity index (χ2v) is 3.79. The van der Waals surface area contributed by atoms with E-state index in [1.165, 1.54) is 0 Å². The number of hydrogen-bond donors (Lipinski definition) is 1. The van der Waals surface area contributed by atoms with Gasteiger partial charge in [0.2, 0.25) is 0 Å². The van der Waals surface area contributed by atoms with Crippen molar-refractivity contribution in [3.05, 3.63) is 10.4 Å². The van der Waals surface area contributed by atoms with Gasteiger partial charge in [0.1, 0.15) is 0 Å². The van der Waals surface area contributed by atoms with Gasteiger partial charge in [-0.2, -0.15) is 0 Å². The molecule has 0 aliphatic rings. The van der Waals surface area contributed by atoms with Crippen molar-refractivity contribution in [2.24, 2.45) is 17.0 Å². The van der Waals surface area contributed by atoms with E-state index in [0.717, 1.165) is 12.8 Å². The smallest absolute Gasteiger partial charge is 0.303 e. The van der Waals surface area contributed by atoms with Crippen molar-refractivity contribution >= 4 is 5.97 Å². The summed E-state index contributed by atoms with van der Waals surface area (Å²) in [5.74, 6) is -0.150. The minimum absolute atomic E-state index is 0.188. The monoisotopic (exact) mass is 199 g/mol. The summed E-state index contributed by atoms with van der Waals surface area (Å²) in [5, 5.41) is 12.0. The molecule has 0 aromatic heterocycles. The number of nitrogens with zero attached hydrogens (tertiary/aromatic N) is 3. The molecule has 0 saturated carbocycles. The molecule has 0 unspecified atom stereocenters. The summed E-state index contributed by atoms with van der Waals surface area (Å²) >= 11 is 0. The van der Waals surface area contributed by atoms with Crippen LogP contribution in [0.2, 0.25) is 0 Å². The Bertz CT molecular complexity index is 224. The zero-order chi connectivity index (χ0) is 11.0. The highest BCUT2D eigenvalue weighted by Crippen LogP contribution is 2.17. The molecule has 0 bridgehead atoms. The lowest BCUT2D eigenvalue weighted by atomic mass is 9.93. The molecule has 0 amide bonds. The third-order valence-electron chi connectivity index (χ3n) is 2.11. The lowest BCUT2D eigenvalue weighted by Crippen LogP contribution is -2.09. The molecule has 0 spiro atoms. The molecule has 0 aliphatic carbocycles. The first kappa shape index (κ1) is 12.8. The highest BCUT2D eigenvalue weighted by atomic mass is 16.4. The molecular weight excluding hydrogens is 182 g/mol. The molecule has 0 rings (SSSR count). The van der Waals surface area contributed by atoms with Gasteiger partial charge >= 0.3 is 5.97 Å². The van der Waals surface area contributed by atoms with Gasteiger partial charge in [0.15, 0.2) is 0 Å². The van der Waals surface area contributed by atoms with Crippen LogP contribution in [0.4, 0.5) is 0 Å². The van der Waals surface area contributed by atoms with E-state index in [-0.39, 0.29) is 12.3 Å². The largest absolute Gasteiger partial charge is 0.481 e. The topological polar surface area (TPSA) is 86.1 Å². The van der Waals surface area contributed by atoms with E-state index in [0.29, 0.717) is 12.5 Å². The second-order valence-electron chi connectivity index (χ2n) is 3.79. The van der Waals surface area contributed by atoms with E-state index < -0.39 is 5.97 Å². The standard InChI is InChI=1S/C9H17N3O2/c1-7(3-4-11-12-10)5-8(2)6-9(13)14/h7-8H,3-6H2,1-2H3,(H,13,14)/t7-,8-/m1/s1. The van der Waals surface area contributed by atoms with E-state index in [2.05, 4.69) is 10.0 Å². The van der Waals surface area contributed by atoms with Crippen molar-refractivity contribution in [3.63, 3.8) is 0 Å². The molecule has 0 aromatic carbocycles. The Morgan fingerprint density at radius 2 is 2.14 bits per heavy atom. The molecule has 1 N–H and O–H groups in total. The number of carbonyl (C=O) groups is 1. The molecule has 5 nitrogen and oxygen atoms in total. The van der Waals surface area contributed by atoms with Crippen LogP contribution in [0.3, 0.4) is 0 Å². The zero-order valence-electron chi connectivity index (χ0n) is 8.68. The number of carboxylic acid groups (broad SMARTS) is 1. The van der Waals surface area contributed by atoms with Crippen LogP contribution in [0.25, 0.3) is 10.4 Å². The summed E-state index contributed by atoms with van der Waals surface area (Å²) in [6, 6.07) is 0. The van der Waals surface area contributed by atoms with E-state index in [1.807, 2.05) is 13.8 Å². The van der Waals surface area contributed by atoms with Crippen LogP contribution in [0, 0.1) is 11.8 Å². The first-order chi connectivity index (χ1) is 6.56. The fraction of sp³-hybridized carbons (Fsp3) is 0.889. The number of aliphatic carboxylic acids is 1. The summed E-state index contributed by atoms with van der Waals surface area (Å²) in [5.41, 5.74) is 8.06. The average Bonchev–Trinajstić information content (AvgIpc) is 2.02. The van der Waals surface area contributed by atoms with Gasteiger partial charge in [0.25, 0.3) is 0 Å². The van der Waals surface area contributed by atoms with Crippen molar-refractivity contribution in [1.82, 2.24) is 0 Å². The summed E-state index contributed by atoms with van der Waals surface area (Å²) in [6.07, 6.45) is 1.91. The molecule has 80 valence electrons. The SMILES string of the molecule is C[C@H](CCN=[N+]=[N-])C[C@@H](C)CC(=O)O. The summed E-state index contributed by atoms with van der Waals surface area (Å²) in [6.45, 7) is 4.47. The van der Waals surface area contributed by atoms with Crippen LogP contribution in [0.5, 0.6) is 0 Å². The molecule has 0 heterocycles. The van der Waals surface area contributed by atoms with Crippen molar-refractivity contribution in [3.8, 4) is 0 Å². The van der Waals surface area contributed by atoms with Crippen molar-refractivity contribution in [2.45, 2.75) is 33.1 Å². The molecule has 0 fully saturated rings. The van der Waals surface area contributed by atoms with Gasteiger partial charge in [-0.1, -0.05) is 19.0 Å². The number of carboxylic acids is 1. The van der Waals surface area contributed by atoms with Crippen LogP contribution in [-0.4, -0.2) is 17.6 Å². The van der Waals surface area contributed by atoms with Crippen molar-refractivity contribution < 1.29 is 9.90 Å². The lowest BCUT2D eigenvalue weighted by Gasteiger charge is -2.14. The van der Waals surface area contributed by atoms with Crippen LogP contribution in [0.15, 0.2) is 5.11 Å². The van der Waals surface area contributed by atoms with E-state index in [1.54, 1.807) is 0 Å². The average molecular weight is 199 g/mol. The molecule has 2 atom stereocenters. The van der Waals surface area contributed by atoms with Gasteiger partial charge in [-0.05, 0) is 30.2 Å². The first-order valence-electron chi connectivity index (χ1n) is 4.79. The van der Waals surface area contributed by atoms with Crippen molar-refractivity contribution in [1.29, 1.82) is 0 Å². The maximum absolute atomic E-state index is 10.4. The normalized spacial score (nSPS) is 14.1. The Hall–Kier alpha value is -1.22. The Morgan fingerprint density at radius 3 is 2.64 bits per heavy atom. The third kappa shape index (κ3) is 7.43. The molecule has 5 heteroatoms. The molecular formula is C9H17N3O2. The fourth-order valence-corrected chi connectivity index (χ4v) is 1.51. The minimum Gasteiger partial charge on any atom is -0.481 e.